The normalized spacial score (nSPS) is 11.6. The van der Waals surface area contributed by atoms with Crippen LogP contribution in [0.3, 0.4) is 0 Å². The zero-order valence-electron chi connectivity index (χ0n) is 11.1. The average Bonchev–Trinajstić information content (AvgIpc) is 2.33. The van der Waals surface area contributed by atoms with Gasteiger partial charge >= 0.3 is 6.03 Å². The van der Waals surface area contributed by atoms with Gasteiger partial charge in [0.1, 0.15) is 6.04 Å². The molecule has 1 rings (SSSR count). The molecular formula is C13H19N3O2. The van der Waals surface area contributed by atoms with E-state index in [1.165, 1.54) is 7.05 Å². The van der Waals surface area contributed by atoms with E-state index >= 15 is 0 Å². The van der Waals surface area contributed by atoms with Gasteiger partial charge in [0.15, 0.2) is 0 Å². The van der Waals surface area contributed by atoms with Gasteiger partial charge in [-0.3, -0.25) is 10.1 Å². The number of hydrogen-bond acceptors (Lipinski definition) is 3. The molecule has 0 aliphatic heterocycles. The highest BCUT2D eigenvalue weighted by atomic mass is 16.2. The Bertz CT molecular complexity index is 458. The quantitative estimate of drug-likeness (QED) is 0.761. The number of imide groups is 1. The summed E-state index contributed by atoms with van der Waals surface area (Å²) >= 11 is 0. The first-order chi connectivity index (χ1) is 8.43. The van der Waals surface area contributed by atoms with Crippen LogP contribution in [0.1, 0.15) is 18.1 Å². The van der Waals surface area contributed by atoms with Crippen LogP contribution < -0.4 is 16.0 Å². The fraction of sp³-hybridized carbons (Fsp3) is 0.385. The molecule has 0 saturated carbocycles. The van der Waals surface area contributed by atoms with Crippen molar-refractivity contribution < 1.29 is 9.59 Å². The van der Waals surface area contributed by atoms with Crippen LogP contribution in [-0.2, 0) is 4.79 Å². The third-order valence-electron chi connectivity index (χ3n) is 2.62. The number of hydrogen-bond donors (Lipinski definition) is 3. The van der Waals surface area contributed by atoms with Crippen LogP contribution in [0.4, 0.5) is 10.5 Å². The Hall–Kier alpha value is -2.04. The number of carbonyl (C=O) groups excluding carboxylic acids is 2. The third-order valence-corrected chi connectivity index (χ3v) is 2.62. The maximum Gasteiger partial charge on any atom is 0.321 e. The predicted octanol–water partition coefficient (Wildman–Crippen LogP) is 1.56. The summed E-state index contributed by atoms with van der Waals surface area (Å²) in [5, 5.41) is 7.66. The number of nitrogens with one attached hydrogen (secondary N) is 3. The van der Waals surface area contributed by atoms with E-state index in [9.17, 15) is 9.59 Å². The second-order valence-corrected chi connectivity index (χ2v) is 4.25. The van der Waals surface area contributed by atoms with Crippen LogP contribution in [0, 0.1) is 13.8 Å². The maximum atomic E-state index is 11.7. The molecule has 3 amide bonds. The molecule has 0 aromatic heterocycles. The van der Waals surface area contributed by atoms with Crippen molar-refractivity contribution in [1.82, 2.24) is 10.6 Å². The van der Waals surface area contributed by atoms with Gasteiger partial charge in [-0.25, -0.2) is 4.79 Å². The largest absolute Gasteiger partial charge is 0.374 e. The minimum atomic E-state index is -0.505. The van der Waals surface area contributed by atoms with Crippen molar-refractivity contribution in [1.29, 1.82) is 0 Å². The maximum absolute atomic E-state index is 11.7. The molecule has 0 heterocycles. The first-order valence-electron chi connectivity index (χ1n) is 5.80. The Morgan fingerprint density at radius 1 is 1.22 bits per heavy atom. The molecule has 98 valence electrons. The topological polar surface area (TPSA) is 70.2 Å². The molecule has 1 aromatic carbocycles. The standard InChI is InChI=1S/C13H19N3O2/c1-8-5-6-9(2)11(7-8)15-10(3)12(17)16-13(18)14-4/h5-7,10,15H,1-4H3,(H2,14,16,17,18)/t10-/m0/s1. The summed E-state index contributed by atoms with van der Waals surface area (Å²) in [6, 6.07) is 4.98. The molecule has 1 atom stereocenters. The lowest BCUT2D eigenvalue weighted by molar-refractivity contribution is -0.120. The van der Waals surface area contributed by atoms with Gasteiger partial charge in [-0.1, -0.05) is 12.1 Å². The van der Waals surface area contributed by atoms with E-state index < -0.39 is 12.1 Å². The van der Waals surface area contributed by atoms with Gasteiger partial charge in [0.05, 0.1) is 0 Å². The molecular weight excluding hydrogens is 230 g/mol. The summed E-state index contributed by atoms with van der Waals surface area (Å²) in [4.78, 5) is 22.7. The monoisotopic (exact) mass is 249 g/mol. The molecule has 0 unspecified atom stereocenters. The van der Waals surface area contributed by atoms with Crippen molar-refractivity contribution in [2.45, 2.75) is 26.8 Å². The van der Waals surface area contributed by atoms with Crippen LogP contribution in [0.15, 0.2) is 18.2 Å². The highest BCUT2D eigenvalue weighted by Gasteiger charge is 2.15. The van der Waals surface area contributed by atoms with Crippen molar-refractivity contribution in [3.63, 3.8) is 0 Å². The minimum Gasteiger partial charge on any atom is -0.374 e. The zero-order chi connectivity index (χ0) is 13.7. The summed E-state index contributed by atoms with van der Waals surface area (Å²) in [6.45, 7) is 5.66. The Morgan fingerprint density at radius 3 is 2.50 bits per heavy atom. The number of amides is 3. The average molecular weight is 249 g/mol. The highest BCUT2D eigenvalue weighted by Crippen LogP contribution is 2.17. The van der Waals surface area contributed by atoms with E-state index in [0.717, 1.165) is 16.8 Å². The minimum absolute atomic E-state index is 0.366. The van der Waals surface area contributed by atoms with Crippen molar-refractivity contribution in [2.24, 2.45) is 0 Å². The summed E-state index contributed by atoms with van der Waals surface area (Å²) in [7, 11) is 1.46. The molecule has 0 radical (unpaired) electrons. The van der Waals surface area contributed by atoms with Crippen LogP contribution >= 0.6 is 0 Å². The van der Waals surface area contributed by atoms with Crippen molar-refractivity contribution >= 4 is 17.6 Å². The van der Waals surface area contributed by atoms with Gasteiger partial charge in [0.2, 0.25) is 5.91 Å². The first-order valence-corrected chi connectivity index (χ1v) is 5.80. The number of aryl methyl sites for hydroxylation is 2. The first kappa shape index (κ1) is 14.0. The van der Waals surface area contributed by atoms with E-state index in [-0.39, 0.29) is 5.91 Å². The molecule has 0 aliphatic rings. The molecule has 3 N–H and O–H groups in total. The highest BCUT2D eigenvalue weighted by molar-refractivity contribution is 5.97. The summed E-state index contributed by atoms with van der Waals surface area (Å²) < 4.78 is 0. The number of anilines is 1. The summed E-state index contributed by atoms with van der Waals surface area (Å²) in [5.41, 5.74) is 3.07. The van der Waals surface area contributed by atoms with E-state index in [0.29, 0.717) is 0 Å². The molecule has 0 saturated heterocycles. The molecule has 0 fully saturated rings. The van der Waals surface area contributed by atoms with Crippen LogP contribution in [0.25, 0.3) is 0 Å². The molecule has 0 aliphatic carbocycles. The second-order valence-electron chi connectivity index (χ2n) is 4.25. The van der Waals surface area contributed by atoms with E-state index in [1.54, 1.807) is 6.92 Å². The van der Waals surface area contributed by atoms with Gasteiger partial charge in [-0.05, 0) is 38.0 Å². The van der Waals surface area contributed by atoms with Crippen LogP contribution in [0.5, 0.6) is 0 Å². The predicted molar refractivity (Wildman–Crippen MR) is 71.6 cm³/mol. The van der Waals surface area contributed by atoms with Gasteiger partial charge in [0, 0.05) is 12.7 Å². The van der Waals surface area contributed by atoms with Crippen molar-refractivity contribution in [3.8, 4) is 0 Å². The molecule has 5 heteroatoms. The SMILES string of the molecule is CNC(=O)NC(=O)[C@H](C)Nc1cc(C)ccc1C. The van der Waals surface area contributed by atoms with Gasteiger partial charge in [0.25, 0.3) is 0 Å². The van der Waals surface area contributed by atoms with Gasteiger partial charge in [-0.2, -0.15) is 0 Å². The van der Waals surface area contributed by atoms with Crippen molar-refractivity contribution in [3.05, 3.63) is 29.3 Å². The van der Waals surface area contributed by atoms with Crippen LogP contribution in [0.2, 0.25) is 0 Å². The number of carbonyl (C=O) groups is 2. The molecule has 18 heavy (non-hydrogen) atoms. The van der Waals surface area contributed by atoms with Crippen molar-refractivity contribution in [2.75, 3.05) is 12.4 Å². The van der Waals surface area contributed by atoms with Gasteiger partial charge in [-0.15, -0.1) is 0 Å². The Morgan fingerprint density at radius 2 is 1.89 bits per heavy atom. The molecule has 1 aromatic rings. The van der Waals surface area contributed by atoms with E-state index in [1.807, 2.05) is 32.0 Å². The Kier molecular flexibility index (Phi) is 4.71. The fourth-order valence-corrected chi connectivity index (χ4v) is 1.47. The molecule has 0 bridgehead atoms. The van der Waals surface area contributed by atoms with Gasteiger partial charge < -0.3 is 10.6 Å². The fourth-order valence-electron chi connectivity index (χ4n) is 1.47. The zero-order valence-corrected chi connectivity index (χ0v) is 11.1. The Balaban J connectivity index is 2.69. The summed E-state index contributed by atoms with van der Waals surface area (Å²) in [5.74, 6) is -0.366. The lowest BCUT2D eigenvalue weighted by atomic mass is 10.1. The Labute approximate surface area is 107 Å². The van der Waals surface area contributed by atoms with E-state index in [2.05, 4.69) is 16.0 Å². The number of urea groups is 1. The number of benzene rings is 1. The number of rotatable bonds is 3. The third kappa shape index (κ3) is 3.76. The lowest BCUT2D eigenvalue weighted by Gasteiger charge is -2.16. The summed E-state index contributed by atoms with van der Waals surface area (Å²) in [6.07, 6.45) is 0. The molecule has 5 nitrogen and oxygen atoms in total. The second kappa shape index (κ2) is 6.05. The van der Waals surface area contributed by atoms with Crippen LogP contribution in [-0.4, -0.2) is 25.0 Å². The van der Waals surface area contributed by atoms with E-state index in [4.69, 9.17) is 0 Å². The lowest BCUT2D eigenvalue weighted by Crippen LogP contribution is -2.44. The smallest absolute Gasteiger partial charge is 0.321 e. The molecule has 0 spiro atoms.